The van der Waals surface area contributed by atoms with Crippen molar-refractivity contribution in [3.05, 3.63) is 95.6 Å². The van der Waals surface area contributed by atoms with E-state index in [1.165, 1.54) is 38.8 Å². The number of ether oxygens (including phenoxy) is 2. The summed E-state index contributed by atoms with van der Waals surface area (Å²) in [4.78, 5) is 13.4. The number of benzene rings is 2. The number of unbranched alkanes of at least 4 members (excludes halogenated alkanes) is 2. The maximum atomic E-state index is 11.7. The Kier molecular flexibility index (Phi) is 8.48. The first-order valence-electron chi connectivity index (χ1n) is 14.0. The van der Waals surface area contributed by atoms with Crippen molar-refractivity contribution in [1.29, 1.82) is 0 Å². The van der Waals surface area contributed by atoms with Crippen LogP contribution in [0.2, 0.25) is 0 Å². The number of hydrogen-bond acceptors (Lipinski definition) is 3. The fourth-order valence-electron chi connectivity index (χ4n) is 5.34. The van der Waals surface area contributed by atoms with Gasteiger partial charge in [0.2, 0.25) is 5.91 Å². The summed E-state index contributed by atoms with van der Waals surface area (Å²) in [5.74, 6) is 1.07. The number of pyridine rings is 1. The van der Waals surface area contributed by atoms with E-state index >= 15 is 0 Å². The molecule has 0 fully saturated rings. The first-order chi connectivity index (χ1) is 19.1. The number of carbonyl (C=O) groups is 1. The van der Waals surface area contributed by atoms with E-state index in [0.29, 0.717) is 26.2 Å². The fraction of sp³-hybridized carbons (Fsp3) is 0.324. The molecule has 0 radical (unpaired) electrons. The van der Waals surface area contributed by atoms with Crippen LogP contribution in [0.25, 0.3) is 27.7 Å². The summed E-state index contributed by atoms with van der Waals surface area (Å²) in [6.07, 6.45) is 4.45. The average Bonchev–Trinajstić information content (AvgIpc) is 3.49. The summed E-state index contributed by atoms with van der Waals surface area (Å²) in [5.41, 5.74) is 9.95. The highest BCUT2D eigenvalue weighted by atomic mass is 16.5. The van der Waals surface area contributed by atoms with Gasteiger partial charge in [-0.3, -0.25) is 4.79 Å². The van der Waals surface area contributed by atoms with Crippen LogP contribution in [0.4, 0.5) is 0 Å². The molecule has 0 aliphatic rings. The molecule has 3 aromatic heterocycles. The normalized spacial score (nSPS) is 11.5. The molecule has 2 aromatic carbocycles. The van der Waals surface area contributed by atoms with Crippen molar-refractivity contribution in [2.75, 3.05) is 20.7 Å². The fourth-order valence-corrected chi connectivity index (χ4v) is 5.34. The van der Waals surface area contributed by atoms with Crippen LogP contribution in [0.3, 0.4) is 0 Å². The van der Waals surface area contributed by atoms with Gasteiger partial charge in [-0.25, -0.2) is 0 Å². The van der Waals surface area contributed by atoms with Crippen molar-refractivity contribution in [3.63, 3.8) is 0 Å². The molecule has 5 heteroatoms. The zero-order valence-electron chi connectivity index (χ0n) is 23.3. The molecule has 0 unspecified atom stereocenters. The second-order valence-electron chi connectivity index (χ2n) is 10.3. The minimum absolute atomic E-state index is 0.193. The maximum Gasteiger partial charge on any atom is 0.222 e. The molecule has 5 rings (SSSR count). The van der Waals surface area contributed by atoms with E-state index in [-0.39, 0.29) is 5.91 Å². The second kappa shape index (κ2) is 12.4. The van der Waals surface area contributed by atoms with E-state index in [1.807, 2.05) is 32.3 Å². The molecule has 0 bridgehead atoms. The molecule has 0 saturated carbocycles. The van der Waals surface area contributed by atoms with Crippen molar-refractivity contribution in [2.45, 2.75) is 52.2 Å². The Morgan fingerprint density at radius 2 is 1.59 bits per heavy atom. The van der Waals surface area contributed by atoms with Crippen LogP contribution in [0.1, 0.15) is 49.3 Å². The molecular weight excluding hydrogens is 484 g/mol. The molecule has 0 aliphatic carbocycles. The number of carbonyl (C=O) groups excluding carboxylic acids is 1. The number of aryl methyl sites for hydroxylation is 1. The van der Waals surface area contributed by atoms with E-state index in [0.717, 1.165) is 37.0 Å². The maximum absolute atomic E-state index is 11.7. The van der Waals surface area contributed by atoms with Gasteiger partial charge in [0.1, 0.15) is 12.4 Å². The Balaban J connectivity index is 1.29. The molecule has 0 saturated heterocycles. The number of hydrogen-bond donors (Lipinski definition) is 0. The van der Waals surface area contributed by atoms with E-state index in [4.69, 9.17) is 9.47 Å². The summed E-state index contributed by atoms with van der Waals surface area (Å²) in [5, 5.41) is 0. The predicted octanol–water partition coefficient (Wildman–Crippen LogP) is 7.50. The van der Waals surface area contributed by atoms with Gasteiger partial charge in [0.05, 0.1) is 23.2 Å². The number of nitrogens with zero attached hydrogens (tertiary/aromatic N) is 2. The van der Waals surface area contributed by atoms with Gasteiger partial charge in [-0.05, 0) is 66.3 Å². The van der Waals surface area contributed by atoms with Crippen molar-refractivity contribution in [3.8, 4) is 16.9 Å². The molecular formula is C34H38N2O3. The van der Waals surface area contributed by atoms with Crippen LogP contribution < -0.4 is 4.74 Å². The lowest BCUT2D eigenvalue weighted by molar-refractivity contribution is -0.128. The standard InChI is InChI=1S/C34H38N2O3/c1-4-29-31-15-11-14-30-27(24-38-21-10-6-9-16-33(37)35(2)3)22-32(36(30)31)34(29)26-17-19-28(20-18-26)39-23-25-12-7-5-8-13-25/h5,7-8,11-15,17-20,22H,4,6,9-10,16,21,23-24H2,1-3H3. The Morgan fingerprint density at radius 1 is 0.821 bits per heavy atom. The molecule has 3 heterocycles. The van der Waals surface area contributed by atoms with Crippen LogP contribution in [0.5, 0.6) is 5.75 Å². The second-order valence-corrected chi connectivity index (χ2v) is 10.3. The smallest absolute Gasteiger partial charge is 0.222 e. The van der Waals surface area contributed by atoms with E-state index < -0.39 is 0 Å². The molecule has 1 amide bonds. The van der Waals surface area contributed by atoms with Gasteiger partial charge >= 0.3 is 0 Å². The first kappa shape index (κ1) is 26.8. The molecule has 0 N–H and O–H groups in total. The van der Waals surface area contributed by atoms with Crippen LogP contribution in [-0.2, 0) is 29.2 Å². The van der Waals surface area contributed by atoms with Crippen LogP contribution in [-0.4, -0.2) is 35.9 Å². The van der Waals surface area contributed by atoms with Crippen LogP contribution >= 0.6 is 0 Å². The highest BCUT2D eigenvalue weighted by Gasteiger charge is 2.20. The molecule has 39 heavy (non-hydrogen) atoms. The topological polar surface area (TPSA) is 43.2 Å². The molecule has 5 aromatic rings. The highest BCUT2D eigenvalue weighted by Crippen LogP contribution is 2.39. The lowest BCUT2D eigenvalue weighted by atomic mass is 9.99. The summed E-state index contributed by atoms with van der Waals surface area (Å²) < 4.78 is 14.5. The van der Waals surface area contributed by atoms with Crippen LogP contribution in [0, 0.1) is 0 Å². The van der Waals surface area contributed by atoms with Crippen LogP contribution in [0.15, 0.2) is 78.9 Å². The number of aromatic nitrogens is 1. The minimum Gasteiger partial charge on any atom is -0.489 e. The predicted molar refractivity (Wildman–Crippen MR) is 158 cm³/mol. The van der Waals surface area contributed by atoms with Gasteiger partial charge < -0.3 is 18.8 Å². The average molecular weight is 523 g/mol. The van der Waals surface area contributed by atoms with E-state index in [9.17, 15) is 4.79 Å². The van der Waals surface area contributed by atoms with E-state index in [1.54, 1.807) is 4.90 Å². The van der Waals surface area contributed by atoms with Gasteiger partial charge in [0.25, 0.3) is 0 Å². The highest BCUT2D eigenvalue weighted by molar-refractivity contribution is 5.96. The quantitative estimate of drug-likeness (QED) is 0.150. The van der Waals surface area contributed by atoms with Crippen molar-refractivity contribution in [1.82, 2.24) is 9.30 Å². The Morgan fingerprint density at radius 3 is 2.33 bits per heavy atom. The first-order valence-corrected chi connectivity index (χ1v) is 14.0. The third-order valence-corrected chi connectivity index (χ3v) is 7.42. The van der Waals surface area contributed by atoms with Gasteiger partial charge in [-0.2, -0.15) is 0 Å². The Bertz CT molecular complexity index is 1500. The SMILES string of the molecule is CCc1c(-c2ccc(OCc3ccccc3)cc2)c2cc(COCCCCCC(=O)N(C)C)c3cccc1n32. The van der Waals surface area contributed by atoms with Gasteiger partial charge in [0.15, 0.2) is 0 Å². The Labute approximate surface area is 231 Å². The minimum atomic E-state index is 0.193. The molecule has 0 atom stereocenters. The number of amides is 1. The van der Waals surface area contributed by atoms with Crippen molar-refractivity contribution < 1.29 is 14.3 Å². The van der Waals surface area contributed by atoms with Gasteiger partial charge in [-0.1, -0.05) is 61.9 Å². The zero-order chi connectivity index (χ0) is 27.2. The number of rotatable bonds is 13. The lowest BCUT2D eigenvalue weighted by Crippen LogP contribution is -2.21. The van der Waals surface area contributed by atoms with Crippen molar-refractivity contribution in [2.24, 2.45) is 0 Å². The monoisotopic (exact) mass is 522 g/mol. The summed E-state index contributed by atoms with van der Waals surface area (Å²) in [7, 11) is 3.62. The third-order valence-electron chi connectivity index (χ3n) is 7.42. The van der Waals surface area contributed by atoms with Gasteiger partial charge in [-0.15, -0.1) is 0 Å². The van der Waals surface area contributed by atoms with Gasteiger partial charge in [0, 0.05) is 38.2 Å². The Hall–Kier alpha value is -3.83. The van der Waals surface area contributed by atoms with Crippen molar-refractivity contribution >= 4 is 22.5 Å². The third kappa shape index (κ3) is 5.94. The summed E-state index contributed by atoms with van der Waals surface area (Å²) >= 11 is 0. The lowest BCUT2D eigenvalue weighted by Gasteiger charge is -2.09. The molecule has 202 valence electrons. The summed E-state index contributed by atoms with van der Waals surface area (Å²) in [6, 6.07) is 27.6. The molecule has 0 aliphatic heterocycles. The molecule has 0 spiro atoms. The molecule has 5 nitrogen and oxygen atoms in total. The largest absolute Gasteiger partial charge is 0.489 e. The zero-order valence-corrected chi connectivity index (χ0v) is 23.3. The summed E-state index contributed by atoms with van der Waals surface area (Å²) in [6.45, 7) is 4.08. The van der Waals surface area contributed by atoms with E-state index in [2.05, 4.69) is 72.0 Å².